The molecule has 2 rings (SSSR count). The van der Waals surface area contributed by atoms with Crippen LogP contribution in [0.2, 0.25) is 0 Å². The molecule has 2 N–H and O–H groups in total. The molecule has 1 atom stereocenters. The van der Waals surface area contributed by atoms with Gasteiger partial charge in [0.15, 0.2) is 9.84 Å². The molecule has 1 aliphatic heterocycles. The van der Waals surface area contributed by atoms with E-state index in [2.05, 4.69) is 5.32 Å². The fourth-order valence-corrected chi connectivity index (χ4v) is 5.33. The average Bonchev–Trinajstić information content (AvgIpc) is 2.94. The number of hydrogen-bond donors (Lipinski definition) is 2. The van der Waals surface area contributed by atoms with E-state index in [1.165, 1.54) is 11.8 Å². The zero-order valence-corrected chi connectivity index (χ0v) is 11.1. The largest absolute Gasteiger partial charge is 0.394 e. The van der Waals surface area contributed by atoms with Crippen LogP contribution in [-0.2, 0) is 14.6 Å². The number of hydrogen-bond acceptors (Lipinski definition) is 5. The van der Waals surface area contributed by atoms with Crippen LogP contribution in [0.1, 0.15) is 19.3 Å². The first-order valence-electron chi connectivity index (χ1n) is 5.69. The van der Waals surface area contributed by atoms with E-state index in [9.17, 15) is 13.2 Å². The van der Waals surface area contributed by atoms with Crippen LogP contribution in [0.15, 0.2) is 0 Å². The highest BCUT2D eigenvalue weighted by Crippen LogP contribution is 2.34. The summed E-state index contributed by atoms with van der Waals surface area (Å²) < 4.78 is 22.4. The van der Waals surface area contributed by atoms with Gasteiger partial charge in [-0.3, -0.25) is 4.79 Å². The van der Waals surface area contributed by atoms with Crippen LogP contribution in [0.4, 0.5) is 0 Å². The van der Waals surface area contributed by atoms with Gasteiger partial charge in [-0.25, -0.2) is 8.42 Å². The number of carbonyl (C=O) groups excluding carboxylic acids is 1. The Morgan fingerprint density at radius 2 is 2.18 bits per heavy atom. The summed E-state index contributed by atoms with van der Waals surface area (Å²) in [4.78, 5) is 11.6. The van der Waals surface area contributed by atoms with Crippen molar-refractivity contribution in [1.29, 1.82) is 0 Å². The summed E-state index contributed by atoms with van der Waals surface area (Å²) in [5, 5.41) is 11.9. The lowest BCUT2D eigenvalue weighted by atomic mass is 10.3. The third-order valence-corrected chi connectivity index (χ3v) is 6.48. The summed E-state index contributed by atoms with van der Waals surface area (Å²) in [5.74, 6) is 0.607. The van der Waals surface area contributed by atoms with Crippen molar-refractivity contribution in [2.45, 2.75) is 30.1 Å². The van der Waals surface area contributed by atoms with Crippen molar-refractivity contribution in [3.05, 3.63) is 0 Å². The van der Waals surface area contributed by atoms with Gasteiger partial charge in [-0.2, -0.15) is 0 Å². The minimum Gasteiger partial charge on any atom is -0.394 e. The van der Waals surface area contributed by atoms with Gasteiger partial charge in [-0.15, -0.1) is 11.8 Å². The second-order valence-corrected chi connectivity index (χ2v) is 8.34. The first-order valence-corrected chi connectivity index (χ1v) is 8.56. The van der Waals surface area contributed by atoms with E-state index in [-0.39, 0.29) is 40.6 Å². The molecule has 0 bridgehead atoms. The monoisotopic (exact) mass is 279 g/mol. The van der Waals surface area contributed by atoms with E-state index in [0.29, 0.717) is 6.42 Å². The minimum atomic E-state index is -2.86. The Morgan fingerprint density at radius 1 is 1.47 bits per heavy atom. The molecule has 0 aromatic carbocycles. The predicted octanol–water partition coefficient (Wildman–Crippen LogP) is -0.452. The number of amides is 1. The molecule has 2 aliphatic rings. The number of aliphatic hydroxyl groups excluding tert-OH is 1. The molecule has 1 unspecified atom stereocenters. The van der Waals surface area contributed by atoms with Gasteiger partial charge < -0.3 is 10.4 Å². The van der Waals surface area contributed by atoms with Crippen LogP contribution in [-0.4, -0.2) is 54.1 Å². The number of carbonyl (C=O) groups is 1. The maximum atomic E-state index is 11.6. The summed E-state index contributed by atoms with van der Waals surface area (Å²) in [7, 11) is -2.86. The summed E-state index contributed by atoms with van der Waals surface area (Å²) in [6.07, 6.45) is 2.31. The Kier molecular flexibility index (Phi) is 3.70. The van der Waals surface area contributed by atoms with Crippen LogP contribution in [0.25, 0.3) is 0 Å². The van der Waals surface area contributed by atoms with E-state index < -0.39 is 9.84 Å². The third kappa shape index (κ3) is 3.59. The van der Waals surface area contributed by atoms with Gasteiger partial charge >= 0.3 is 0 Å². The highest BCUT2D eigenvalue weighted by atomic mass is 32.2. The average molecular weight is 279 g/mol. The molecule has 0 aromatic heterocycles. The fourth-order valence-electron chi connectivity index (χ4n) is 1.89. The topological polar surface area (TPSA) is 83.5 Å². The standard InChI is InChI=1S/C10H17NO4S2/c12-7-10(2-3-10)11-9(13)5-16-8-1-4-17(14,15)6-8/h8,12H,1-7H2,(H,11,13). The Bertz CT molecular complexity index is 403. The van der Waals surface area contributed by atoms with Crippen molar-refractivity contribution in [2.24, 2.45) is 0 Å². The molecule has 1 aliphatic carbocycles. The molecule has 1 saturated heterocycles. The number of aliphatic hydroxyl groups is 1. The lowest BCUT2D eigenvalue weighted by Gasteiger charge is -2.14. The molecule has 5 nitrogen and oxygen atoms in total. The smallest absolute Gasteiger partial charge is 0.230 e. The van der Waals surface area contributed by atoms with Crippen LogP contribution in [0, 0.1) is 0 Å². The van der Waals surface area contributed by atoms with Crippen LogP contribution in [0.3, 0.4) is 0 Å². The number of thioether (sulfide) groups is 1. The van der Waals surface area contributed by atoms with Gasteiger partial charge in [-0.1, -0.05) is 0 Å². The van der Waals surface area contributed by atoms with Gasteiger partial charge in [0.2, 0.25) is 5.91 Å². The van der Waals surface area contributed by atoms with Crippen LogP contribution in [0.5, 0.6) is 0 Å². The van der Waals surface area contributed by atoms with E-state index in [1.807, 2.05) is 0 Å². The van der Waals surface area contributed by atoms with Crippen molar-refractivity contribution < 1.29 is 18.3 Å². The highest BCUT2D eigenvalue weighted by molar-refractivity contribution is 8.02. The van der Waals surface area contributed by atoms with Gasteiger partial charge in [-0.05, 0) is 19.3 Å². The summed E-state index contributed by atoms with van der Waals surface area (Å²) in [6.45, 7) is -0.0127. The second kappa shape index (κ2) is 4.78. The molecule has 7 heteroatoms. The molecule has 1 saturated carbocycles. The number of sulfone groups is 1. The van der Waals surface area contributed by atoms with Crippen molar-refractivity contribution in [3.63, 3.8) is 0 Å². The normalized spacial score (nSPS) is 28.9. The molecule has 2 fully saturated rings. The van der Waals surface area contributed by atoms with Crippen LogP contribution >= 0.6 is 11.8 Å². The van der Waals surface area contributed by atoms with Gasteiger partial charge in [0.05, 0.1) is 29.4 Å². The molecule has 0 radical (unpaired) electrons. The van der Waals surface area contributed by atoms with Crippen molar-refractivity contribution in [1.82, 2.24) is 5.32 Å². The van der Waals surface area contributed by atoms with Gasteiger partial charge in [0, 0.05) is 5.25 Å². The minimum absolute atomic E-state index is 0.0127. The fraction of sp³-hybridized carbons (Fsp3) is 0.900. The first-order chi connectivity index (χ1) is 7.95. The van der Waals surface area contributed by atoms with Gasteiger partial charge in [0.1, 0.15) is 0 Å². The maximum Gasteiger partial charge on any atom is 0.230 e. The Hall–Kier alpha value is -0.270. The summed E-state index contributed by atoms with van der Waals surface area (Å²) in [5.41, 5.74) is -0.376. The van der Waals surface area contributed by atoms with E-state index in [1.54, 1.807) is 0 Å². The van der Waals surface area contributed by atoms with Crippen LogP contribution < -0.4 is 5.32 Å². The van der Waals surface area contributed by atoms with Crippen molar-refractivity contribution in [3.8, 4) is 0 Å². The molecule has 1 heterocycles. The Labute approximate surface area is 105 Å². The zero-order valence-electron chi connectivity index (χ0n) is 9.52. The third-order valence-electron chi connectivity index (χ3n) is 3.20. The predicted molar refractivity (Wildman–Crippen MR) is 66.7 cm³/mol. The second-order valence-electron chi connectivity index (χ2n) is 4.82. The lowest BCUT2D eigenvalue weighted by Crippen LogP contribution is -2.40. The molecule has 1 amide bonds. The molecule has 98 valence electrons. The first kappa shape index (κ1) is 13.2. The Balaban J connectivity index is 1.70. The molecule has 0 aromatic rings. The SMILES string of the molecule is O=C(CSC1CCS(=O)(=O)C1)NC1(CO)CC1. The van der Waals surface area contributed by atoms with Crippen molar-refractivity contribution >= 4 is 27.5 Å². The lowest BCUT2D eigenvalue weighted by molar-refractivity contribution is -0.119. The summed E-state index contributed by atoms with van der Waals surface area (Å²) >= 11 is 1.40. The highest BCUT2D eigenvalue weighted by Gasteiger charge is 2.43. The van der Waals surface area contributed by atoms with E-state index in [4.69, 9.17) is 5.11 Å². The summed E-state index contributed by atoms with van der Waals surface area (Å²) in [6, 6.07) is 0. The van der Waals surface area contributed by atoms with Crippen molar-refractivity contribution in [2.75, 3.05) is 23.9 Å². The molecular weight excluding hydrogens is 262 g/mol. The van der Waals surface area contributed by atoms with E-state index >= 15 is 0 Å². The van der Waals surface area contributed by atoms with E-state index in [0.717, 1.165) is 12.8 Å². The zero-order chi connectivity index (χ0) is 12.5. The quantitative estimate of drug-likeness (QED) is 0.712. The Morgan fingerprint density at radius 3 is 2.65 bits per heavy atom. The van der Waals surface area contributed by atoms with Gasteiger partial charge in [0.25, 0.3) is 0 Å². The number of nitrogens with one attached hydrogen (secondary N) is 1. The maximum absolute atomic E-state index is 11.6. The molecular formula is C10H17NO4S2. The number of rotatable bonds is 5. The molecule has 17 heavy (non-hydrogen) atoms. The molecule has 0 spiro atoms.